The standard InChI is InChI=1S/C15H18N2OS/c1-10(2)13-9-19-14(17-13)8-16-15(18)12-7-5-4-6-11(12)3/h4-7,9-10H,8H2,1-3H3,(H,16,18). The molecule has 0 saturated heterocycles. The van der Waals surface area contributed by atoms with Crippen molar-refractivity contribution in [1.29, 1.82) is 0 Å². The summed E-state index contributed by atoms with van der Waals surface area (Å²) in [6.45, 7) is 6.66. The summed E-state index contributed by atoms with van der Waals surface area (Å²) < 4.78 is 0. The summed E-state index contributed by atoms with van der Waals surface area (Å²) in [4.78, 5) is 16.5. The fourth-order valence-corrected chi connectivity index (χ4v) is 2.65. The zero-order valence-electron chi connectivity index (χ0n) is 11.4. The van der Waals surface area contributed by atoms with Gasteiger partial charge in [0.15, 0.2) is 0 Å². The highest BCUT2D eigenvalue weighted by Gasteiger charge is 2.10. The molecule has 0 atom stereocenters. The first-order valence-corrected chi connectivity index (χ1v) is 7.24. The molecule has 0 saturated carbocycles. The molecule has 2 aromatic rings. The third-order valence-corrected chi connectivity index (χ3v) is 3.82. The quantitative estimate of drug-likeness (QED) is 0.927. The van der Waals surface area contributed by atoms with Gasteiger partial charge in [-0.1, -0.05) is 32.0 Å². The molecule has 1 amide bonds. The van der Waals surface area contributed by atoms with Crippen LogP contribution < -0.4 is 5.32 Å². The Kier molecular flexibility index (Phi) is 4.32. The number of rotatable bonds is 4. The molecule has 0 spiro atoms. The Morgan fingerprint density at radius 1 is 1.37 bits per heavy atom. The van der Waals surface area contributed by atoms with Crippen LogP contribution in [0.2, 0.25) is 0 Å². The molecule has 1 aromatic heterocycles. The lowest BCUT2D eigenvalue weighted by Gasteiger charge is -2.05. The predicted octanol–water partition coefficient (Wildman–Crippen LogP) is 3.50. The van der Waals surface area contributed by atoms with Gasteiger partial charge >= 0.3 is 0 Å². The summed E-state index contributed by atoms with van der Waals surface area (Å²) in [6.07, 6.45) is 0. The molecule has 1 heterocycles. The lowest BCUT2D eigenvalue weighted by molar-refractivity contribution is 0.0950. The van der Waals surface area contributed by atoms with Gasteiger partial charge < -0.3 is 5.32 Å². The van der Waals surface area contributed by atoms with Crippen molar-refractivity contribution in [2.45, 2.75) is 33.2 Å². The minimum absolute atomic E-state index is 0.0422. The van der Waals surface area contributed by atoms with Crippen LogP contribution in [-0.2, 0) is 6.54 Å². The molecule has 0 fully saturated rings. The van der Waals surface area contributed by atoms with Crippen LogP contribution in [0.25, 0.3) is 0 Å². The first-order valence-electron chi connectivity index (χ1n) is 6.36. The highest BCUT2D eigenvalue weighted by Crippen LogP contribution is 2.17. The van der Waals surface area contributed by atoms with Crippen molar-refractivity contribution in [1.82, 2.24) is 10.3 Å². The third kappa shape index (κ3) is 3.41. The molecule has 1 aromatic carbocycles. The van der Waals surface area contributed by atoms with Crippen LogP contribution >= 0.6 is 11.3 Å². The van der Waals surface area contributed by atoms with Gasteiger partial charge in [0.25, 0.3) is 5.91 Å². The zero-order chi connectivity index (χ0) is 13.8. The lowest BCUT2D eigenvalue weighted by Crippen LogP contribution is -2.23. The van der Waals surface area contributed by atoms with Gasteiger partial charge in [0, 0.05) is 10.9 Å². The molecule has 2 rings (SSSR count). The lowest BCUT2D eigenvalue weighted by atomic mass is 10.1. The average molecular weight is 274 g/mol. The van der Waals surface area contributed by atoms with Crippen LogP contribution in [0.4, 0.5) is 0 Å². The Morgan fingerprint density at radius 2 is 2.11 bits per heavy atom. The molecule has 0 aliphatic rings. The number of aryl methyl sites for hydroxylation is 1. The molecular weight excluding hydrogens is 256 g/mol. The molecule has 0 aliphatic heterocycles. The number of benzene rings is 1. The van der Waals surface area contributed by atoms with E-state index in [0.29, 0.717) is 12.5 Å². The third-order valence-electron chi connectivity index (χ3n) is 2.95. The molecule has 4 heteroatoms. The molecule has 0 aliphatic carbocycles. The molecule has 19 heavy (non-hydrogen) atoms. The van der Waals surface area contributed by atoms with Gasteiger partial charge in [-0.25, -0.2) is 4.98 Å². The maximum Gasteiger partial charge on any atom is 0.251 e. The molecule has 0 bridgehead atoms. The maximum absolute atomic E-state index is 12.0. The monoisotopic (exact) mass is 274 g/mol. The van der Waals surface area contributed by atoms with Crippen LogP contribution in [0.15, 0.2) is 29.6 Å². The second-order valence-electron chi connectivity index (χ2n) is 4.82. The molecule has 3 nitrogen and oxygen atoms in total. The minimum Gasteiger partial charge on any atom is -0.346 e. The summed E-state index contributed by atoms with van der Waals surface area (Å²) in [5.74, 6) is 0.386. The maximum atomic E-state index is 12.0. The second-order valence-corrected chi connectivity index (χ2v) is 5.76. The number of aromatic nitrogens is 1. The number of carbonyl (C=O) groups is 1. The summed E-state index contributed by atoms with van der Waals surface area (Å²) >= 11 is 1.59. The largest absolute Gasteiger partial charge is 0.346 e. The SMILES string of the molecule is Cc1ccccc1C(=O)NCc1nc(C(C)C)cs1. The fourth-order valence-electron chi connectivity index (χ4n) is 1.75. The highest BCUT2D eigenvalue weighted by atomic mass is 32.1. The Bertz CT molecular complexity index is 575. The van der Waals surface area contributed by atoms with Gasteiger partial charge in [-0.2, -0.15) is 0 Å². The summed E-state index contributed by atoms with van der Waals surface area (Å²) in [5.41, 5.74) is 2.80. The topological polar surface area (TPSA) is 42.0 Å². The van der Waals surface area contributed by atoms with Crippen LogP contribution in [0, 0.1) is 6.92 Å². The van der Waals surface area contributed by atoms with Gasteiger partial charge in [-0.3, -0.25) is 4.79 Å². The van der Waals surface area contributed by atoms with Crippen molar-refractivity contribution in [3.8, 4) is 0 Å². The normalized spacial score (nSPS) is 10.7. The van der Waals surface area contributed by atoms with E-state index in [1.807, 2.05) is 31.2 Å². The number of amides is 1. The molecule has 0 unspecified atom stereocenters. The van der Waals surface area contributed by atoms with E-state index in [2.05, 4.69) is 29.5 Å². The Hall–Kier alpha value is -1.68. The summed E-state index contributed by atoms with van der Waals surface area (Å²) in [5, 5.41) is 5.92. The number of thiazole rings is 1. The number of nitrogens with zero attached hydrogens (tertiary/aromatic N) is 1. The zero-order valence-corrected chi connectivity index (χ0v) is 12.3. The second kappa shape index (κ2) is 5.97. The van der Waals surface area contributed by atoms with Gasteiger partial charge in [-0.05, 0) is 24.5 Å². The van der Waals surface area contributed by atoms with E-state index in [1.54, 1.807) is 11.3 Å². The van der Waals surface area contributed by atoms with Gasteiger partial charge in [0.1, 0.15) is 5.01 Å². The Labute approximate surface area is 117 Å². The van der Waals surface area contributed by atoms with Crippen molar-refractivity contribution < 1.29 is 4.79 Å². The predicted molar refractivity (Wildman–Crippen MR) is 78.6 cm³/mol. The molecular formula is C15H18N2OS. The highest BCUT2D eigenvalue weighted by molar-refractivity contribution is 7.09. The molecule has 1 N–H and O–H groups in total. The van der Waals surface area contributed by atoms with E-state index < -0.39 is 0 Å². The van der Waals surface area contributed by atoms with Crippen LogP contribution in [-0.4, -0.2) is 10.9 Å². The number of hydrogen-bond donors (Lipinski definition) is 1. The molecule has 0 radical (unpaired) electrons. The Balaban J connectivity index is 1.98. The van der Waals surface area contributed by atoms with E-state index in [4.69, 9.17) is 0 Å². The summed E-state index contributed by atoms with van der Waals surface area (Å²) in [7, 11) is 0. The van der Waals surface area contributed by atoms with Gasteiger partial charge in [0.2, 0.25) is 0 Å². The van der Waals surface area contributed by atoms with Crippen molar-refractivity contribution >= 4 is 17.2 Å². The number of carbonyl (C=O) groups excluding carboxylic acids is 1. The number of nitrogens with one attached hydrogen (secondary N) is 1. The van der Waals surface area contributed by atoms with Crippen LogP contribution in [0.1, 0.15) is 46.4 Å². The van der Waals surface area contributed by atoms with Crippen molar-refractivity contribution in [2.24, 2.45) is 0 Å². The van der Waals surface area contributed by atoms with E-state index in [9.17, 15) is 4.79 Å². The van der Waals surface area contributed by atoms with Crippen LogP contribution in [0.5, 0.6) is 0 Å². The first kappa shape index (κ1) is 13.7. The van der Waals surface area contributed by atoms with E-state index in [-0.39, 0.29) is 5.91 Å². The smallest absolute Gasteiger partial charge is 0.251 e. The average Bonchev–Trinajstić information content (AvgIpc) is 2.85. The van der Waals surface area contributed by atoms with Gasteiger partial charge in [0.05, 0.1) is 12.2 Å². The van der Waals surface area contributed by atoms with Crippen molar-refractivity contribution in [3.63, 3.8) is 0 Å². The fraction of sp³-hybridized carbons (Fsp3) is 0.333. The Morgan fingerprint density at radius 3 is 2.74 bits per heavy atom. The van der Waals surface area contributed by atoms with Crippen molar-refractivity contribution in [2.75, 3.05) is 0 Å². The van der Waals surface area contributed by atoms with Crippen LogP contribution in [0.3, 0.4) is 0 Å². The van der Waals surface area contributed by atoms with E-state index >= 15 is 0 Å². The molecule has 100 valence electrons. The van der Waals surface area contributed by atoms with Gasteiger partial charge in [-0.15, -0.1) is 11.3 Å². The first-order chi connectivity index (χ1) is 9.08. The van der Waals surface area contributed by atoms with E-state index in [0.717, 1.165) is 21.8 Å². The number of hydrogen-bond acceptors (Lipinski definition) is 3. The van der Waals surface area contributed by atoms with Crippen molar-refractivity contribution in [3.05, 3.63) is 51.5 Å². The van der Waals surface area contributed by atoms with E-state index in [1.165, 1.54) is 0 Å². The summed E-state index contributed by atoms with van der Waals surface area (Å²) in [6, 6.07) is 7.59. The minimum atomic E-state index is -0.0422.